The lowest BCUT2D eigenvalue weighted by molar-refractivity contribution is -0.122. The Hall–Kier alpha value is -2.08. The molecule has 6 nitrogen and oxygen atoms in total. The number of hydrogen-bond acceptors (Lipinski definition) is 4. The number of oxazole rings is 1. The summed E-state index contributed by atoms with van der Waals surface area (Å²) in [7, 11) is 0. The Labute approximate surface area is 152 Å². The molecular formula is C20H26N2O4. The number of carbonyl (C=O) groups is 1. The smallest absolute Gasteiger partial charge is 0.408 e. The second-order valence-electron chi connectivity index (χ2n) is 7.76. The summed E-state index contributed by atoms with van der Waals surface area (Å²) >= 11 is 0. The van der Waals surface area contributed by atoms with Crippen LogP contribution in [-0.4, -0.2) is 28.7 Å². The molecule has 0 bridgehead atoms. The van der Waals surface area contributed by atoms with Gasteiger partial charge in [0.25, 0.3) is 0 Å². The molecule has 4 rings (SSSR count). The molecule has 26 heavy (non-hydrogen) atoms. The highest BCUT2D eigenvalue weighted by molar-refractivity contribution is 5.77. The summed E-state index contributed by atoms with van der Waals surface area (Å²) in [6.07, 6.45) is 7.10. The molecule has 2 heterocycles. The van der Waals surface area contributed by atoms with E-state index < -0.39 is 5.76 Å². The molecule has 1 unspecified atom stereocenters. The number of benzene rings is 1. The van der Waals surface area contributed by atoms with Crippen molar-refractivity contribution in [1.82, 2.24) is 9.88 Å². The fourth-order valence-electron chi connectivity index (χ4n) is 4.38. The van der Waals surface area contributed by atoms with E-state index in [0.717, 1.165) is 30.3 Å². The average molecular weight is 358 g/mol. The van der Waals surface area contributed by atoms with Gasteiger partial charge in [0.15, 0.2) is 5.58 Å². The van der Waals surface area contributed by atoms with E-state index in [9.17, 15) is 9.59 Å². The second-order valence-corrected chi connectivity index (χ2v) is 7.76. The van der Waals surface area contributed by atoms with Crippen LogP contribution in [0.5, 0.6) is 0 Å². The molecule has 6 heteroatoms. The predicted molar refractivity (Wildman–Crippen MR) is 98.1 cm³/mol. The molecule has 1 aliphatic heterocycles. The van der Waals surface area contributed by atoms with Gasteiger partial charge in [0.05, 0.1) is 23.8 Å². The average Bonchev–Trinajstić information content (AvgIpc) is 3.14. The Morgan fingerprint density at radius 1 is 1.31 bits per heavy atom. The molecule has 1 aromatic heterocycles. The quantitative estimate of drug-likeness (QED) is 0.912. The van der Waals surface area contributed by atoms with Crippen LogP contribution in [0, 0.1) is 6.92 Å². The third kappa shape index (κ3) is 3.43. The lowest BCUT2D eigenvalue weighted by Gasteiger charge is -2.32. The minimum absolute atomic E-state index is 0.00851. The van der Waals surface area contributed by atoms with E-state index in [1.165, 1.54) is 23.8 Å². The first-order valence-electron chi connectivity index (χ1n) is 9.58. The van der Waals surface area contributed by atoms with E-state index in [2.05, 4.69) is 5.32 Å². The molecule has 2 fully saturated rings. The van der Waals surface area contributed by atoms with Gasteiger partial charge < -0.3 is 14.5 Å². The highest BCUT2D eigenvalue weighted by Crippen LogP contribution is 2.39. The highest BCUT2D eigenvalue weighted by Gasteiger charge is 2.41. The number of nitrogens with zero attached hydrogens (tertiary/aromatic N) is 1. The molecule has 1 N–H and O–H groups in total. The molecule has 2 aliphatic rings. The molecule has 1 saturated carbocycles. The van der Waals surface area contributed by atoms with Crippen LogP contribution in [0.1, 0.15) is 50.5 Å². The maximum Gasteiger partial charge on any atom is 0.419 e. The van der Waals surface area contributed by atoms with Gasteiger partial charge in [-0.15, -0.1) is 0 Å². The van der Waals surface area contributed by atoms with Crippen molar-refractivity contribution < 1.29 is 13.9 Å². The lowest BCUT2D eigenvalue weighted by Crippen LogP contribution is -2.38. The van der Waals surface area contributed by atoms with Crippen LogP contribution in [0.3, 0.4) is 0 Å². The third-order valence-corrected chi connectivity index (χ3v) is 5.72. The van der Waals surface area contributed by atoms with E-state index in [4.69, 9.17) is 9.15 Å². The van der Waals surface area contributed by atoms with Crippen molar-refractivity contribution in [3.05, 3.63) is 34.3 Å². The number of aryl methyl sites for hydroxylation is 2. The minimum Gasteiger partial charge on any atom is -0.408 e. The summed E-state index contributed by atoms with van der Waals surface area (Å²) in [6.45, 7) is 2.88. The van der Waals surface area contributed by atoms with Gasteiger partial charge >= 0.3 is 5.76 Å². The number of amides is 1. The maximum atomic E-state index is 12.4. The Kier molecular flexibility index (Phi) is 4.61. The van der Waals surface area contributed by atoms with Crippen LogP contribution in [0.4, 0.5) is 0 Å². The molecule has 2 aromatic rings. The van der Waals surface area contributed by atoms with Gasteiger partial charge in [0.2, 0.25) is 5.91 Å². The first-order valence-corrected chi connectivity index (χ1v) is 9.58. The fourth-order valence-corrected chi connectivity index (χ4v) is 4.38. The van der Waals surface area contributed by atoms with Gasteiger partial charge in [-0.2, -0.15) is 0 Å². The van der Waals surface area contributed by atoms with Crippen molar-refractivity contribution in [2.45, 2.75) is 70.1 Å². The first-order chi connectivity index (χ1) is 12.5. The Morgan fingerprint density at radius 3 is 2.92 bits per heavy atom. The molecule has 1 amide bonds. The molecule has 1 aromatic carbocycles. The highest BCUT2D eigenvalue weighted by atomic mass is 16.5. The Bertz CT molecular complexity index is 860. The van der Waals surface area contributed by atoms with Gasteiger partial charge in [-0.3, -0.25) is 9.36 Å². The zero-order valence-electron chi connectivity index (χ0n) is 15.3. The summed E-state index contributed by atoms with van der Waals surface area (Å²) in [5.74, 6) is -0.455. The van der Waals surface area contributed by atoms with E-state index in [-0.39, 0.29) is 24.0 Å². The van der Waals surface area contributed by atoms with Gasteiger partial charge in [0, 0.05) is 13.0 Å². The van der Waals surface area contributed by atoms with Crippen LogP contribution >= 0.6 is 0 Å². The third-order valence-electron chi connectivity index (χ3n) is 5.72. The van der Waals surface area contributed by atoms with E-state index >= 15 is 0 Å². The van der Waals surface area contributed by atoms with Crippen molar-refractivity contribution in [2.75, 3.05) is 6.61 Å². The van der Waals surface area contributed by atoms with Crippen LogP contribution in [-0.2, 0) is 16.1 Å². The minimum atomic E-state index is -0.413. The van der Waals surface area contributed by atoms with E-state index in [1.807, 2.05) is 19.1 Å². The number of nitrogens with one attached hydrogen (secondary N) is 1. The number of hydrogen-bond donors (Lipinski definition) is 1. The normalized spacial score (nSPS) is 22.1. The van der Waals surface area contributed by atoms with E-state index in [0.29, 0.717) is 18.7 Å². The van der Waals surface area contributed by atoms with Gasteiger partial charge in [0.1, 0.15) is 0 Å². The molecule has 1 spiro atoms. The summed E-state index contributed by atoms with van der Waals surface area (Å²) < 4.78 is 12.8. The zero-order chi connectivity index (χ0) is 18.1. The summed E-state index contributed by atoms with van der Waals surface area (Å²) in [5, 5.41) is 3.08. The molecule has 140 valence electrons. The molecule has 1 atom stereocenters. The topological polar surface area (TPSA) is 73.5 Å². The molecule has 0 radical (unpaired) electrons. The fraction of sp³-hybridized carbons (Fsp3) is 0.600. The van der Waals surface area contributed by atoms with Crippen LogP contribution in [0.2, 0.25) is 0 Å². The van der Waals surface area contributed by atoms with Crippen molar-refractivity contribution in [3.63, 3.8) is 0 Å². The molecular weight excluding hydrogens is 332 g/mol. The summed E-state index contributed by atoms with van der Waals surface area (Å²) in [5.41, 5.74) is 2.35. The van der Waals surface area contributed by atoms with Crippen molar-refractivity contribution in [3.8, 4) is 0 Å². The largest absolute Gasteiger partial charge is 0.419 e. The summed E-state index contributed by atoms with van der Waals surface area (Å²) in [6, 6.07) is 5.70. The molecule has 1 saturated heterocycles. The number of aromatic nitrogens is 1. The number of ether oxygens (including phenoxy) is 1. The van der Waals surface area contributed by atoms with Gasteiger partial charge in [-0.25, -0.2) is 4.79 Å². The lowest BCUT2D eigenvalue weighted by atomic mass is 9.82. The maximum absolute atomic E-state index is 12.4. The van der Waals surface area contributed by atoms with Crippen molar-refractivity contribution >= 4 is 17.0 Å². The van der Waals surface area contributed by atoms with E-state index in [1.54, 1.807) is 6.07 Å². The zero-order valence-corrected chi connectivity index (χ0v) is 15.3. The summed E-state index contributed by atoms with van der Waals surface area (Å²) in [4.78, 5) is 24.4. The number of rotatable bonds is 4. The number of fused-ring (bicyclic) bond motifs is 1. The second kappa shape index (κ2) is 6.91. The number of carbonyl (C=O) groups excluding carboxylic acids is 1. The Balaban J connectivity index is 1.35. The molecule has 1 aliphatic carbocycles. The Morgan fingerprint density at radius 2 is 2.12 bits per heavy atom. The first kappa shape index (κ1) is 17.3. The van der Waals surface area contributed by atoms with Crippen molar-refractivity contribution in [1.29, 1.82) is 0 Å². The SMILES string of the molecule is Cc1ccc2oc(=O)n(CCC(=O)NC3COC4(CCCCC4)C3)c2c1. The van der Waals surface area contributed by atoms with Gasteiger partial charge in [-0.1, -0.05) is 25.3 Å². The standard InChI is InChI=1S/C20H26N2O4/c1-14-5-6-17-16(11-14)22(19(24)26-17)10-7-18(23)21-15-12-20(25-13-15)8-3-2-4-9-20/h5-6,11,15H,2-4,7-10,12-13H2,1H3,(H,21,23). The van der Waals surface area contributed by atoms with Crippen LogP contribution in [0.25, 0.3) is 11.1 Å². The monoisotopic (exact) mass is 358 g/mol. The predicted octanol–water partition coefficient (Wildman–Crippen LogP) is 2.90. The van der Waals surface area contributed by atoms with Crippen molar-refractivity contribution in [2.24, 2.45) is 0 Å². The van der Waals surface area contributed by atoms with Crippen LogP contribution in [0.15, 0.2) is 27.4 Å². The van der Waals surface area contributed by atoms with Gasteiger partial charge in [-0.05, 0) is 43.9 Å². The van der Waals surface area contributed by atoms with Crippen LogP contribution < -0.4 is 11.1 Å².